The zero-order valence-electron chi connectivity index (χ0n) is 5.13. The van der Waals surface area contributed by atoms with E-state index < -0.39 is 0 Å². The third-order valence-electron chi connectivity index (χ3n) is 0.144. The molecule has 0 fully saturated rings. The first-order valence-electron chi connectivity index (χ1n) is 1.20. The van der Waals surface area contributed by atoms with E-state index in [0.717, 1.165) is 6.61 Å². The molecule has 0 N–H and O–H groups in total. The summed E-state index contributed by atoms with van der Waals surface area (Å²) in [5.74, 6) is 0. The molecular formula is C2H6Cl4OTi. The van der Waals surface area contributed by atoms with Crippen molar-refractivity contribution in [1.82, 2.24) is 0 Å². The molecule has 0 aromatic heterocycles. The van der Waals surface area contributed by atoms with Crippen LogP contribution < -0.4 is 49.6 Å². The number of hydrogen-bond donors (Lipinski definition) is 0. The Morgan fingerprint density at radius 3 is 1.38 bits per heavy atom. The molecular weight excluding hydrogens is 230 g/mol. The van der Waals surface area contributed by atoms with Crippen LogP contribution in [0, 0.1) is 0 Å². The minimum absolute atomic E-state index is 0. The van der Waals surface area contributed by atoms with Crippen LogP contribution in [-0.2, 0) is 24.1 Å². The second kappa shape index (κ2) is 36.9. The Kier molecular flexibility index (Phi) is 151. The van der Waals surface area contributed by atoms with Crippen molar-refractivity contribution < 1.29 is 75.2 Å². The molecule has 0 aliphatic heterocycles. The van der Waals surface area contributed by atoms with Crippen molar-refractivity contribution in [2.45, 2.75) is 6.92 Å². The first-order chi connectivity index (χ1) is 1.91. The summed E-state index contributed by atoms with van der Waals surface area (Å²) in [5.41, 5.74) is 0. The summed E-state index contributed by atoms with van der Waals surface area (Å²) >= 11 is 1.68. The first kappa shape index (κ1) is 32.8. The Labute approximate surface area is 88.3 Å². The Balaban J connectivity index is -0.00000000450. The molecule has 0 rings (SSSR count). The van der Waals surface area contributed by atoms with Gasteiger partial charge in [0.15, 0.2) is 0 Å². The maximum absolute atomic E-state index is 4.54. The standard InChI is InChI=1S/C2H5O.4ClH.Ti/c1-2-3;;;;;/h2H2,1H3;4*1H;/q-1;;;;;+4/p-3. The van der Waals surface area contributed by atoms with E-state index in [2.05, 4.69) is 3.32 Å². The van der Waals surface area contributed by atoms with Crippen LogP contribution in [0.15, 0.2) is 0 Å². The summed E-state index contributed by atoms with van der Waals surface area (Å²) in [5, 5.41) is 0. The summed E-state index contributed by atoms with van der Waals surface area (Å²) in [6.45, 7) is 2.78. The monoisotopic (exact) mass is 234 g/mol. The molecule has 0 saturated heterocycles. The molecule has 0 spiro atoms. The molecule has 0 saturated carbocycles. The maximum atomic E-state index is 4.54. The molecule has 1 nitrogen and oxygen atoms in total. The Morgan fingerprint density at radius 2 is 1.38 bits per heavy atom. The van der Waals surface area contributed by atoms with Gasteiger partial charge in [0.2, 0.25) is 0 Å². The SMILES string of the molecule is CC[O][Ti+3].[Cl-].[Cl-].[Cl-].[Cl-].[H+]. The van der Waals surface area contributed by atoms with Crippen molar-refractivity contribution in [1.29, 1.82) is 0 Å². The van der Waals surface area contributed by atoms with E-state index in [4.69, 9.17) is 0 Å². The van der Waals surface area contributed by atoms with Crippen molar-refractivity contribution in [2.24, 2.45) is 0 Å². The zero-order chi connectivity index (χ0) is 3.41. The minimum atomic E-state index is 0. The Hall–Kier alpha value is 1.83. The van der Waals surface area contributed by atoms with E-state index >= 15 is 0 Å². The number of hydrogen-bond acceptors (Lipinski definition) is 1. The van der Waals surface area contributed by atoms with Gasteiger partial charge in [0.05, 0.1) is 0 Å². The van der Waals surface area contributed by atoms with E-state index in [0.29, 0.717) is 0 Å². The van der Waals surface area contributed by atoms with Gasteiger partial charge in [-0.1, -0.05) is 0 Å². The van der Waals surface area contributed by atoms with E-state index in [1.165, 1.54) is 0 Å². The van der Waals surface area contributed by atoms with E-state index in [1.54, 1.807) is 20.8 Å². The van der Waals surface area contributed by atoms with Crippen LogP contribution in [0.1, 0.15) is 8.35 Å². The van der Waals surface area contributed by atoms with Crippen molar-refractivity contribution in [3.63, 3.8) is 0 Å². The van der Waals surface area contributed by atoms with Crippen LogP contribution in [0.25, 0.3) is 0 Å². The van der Waals surface area contributed by atoms with Crippen LogP contribution >= 0.6 is 0 Å². The average Bonchev–Trinajstić information content (AvgIpc) is 1.37. The summed E-state index contributed by atoms with van der Waals surface area (Å²) < 4.78 is 4.54. The largest absolute Gasteiger partial charge is 1.00 e. The molecule has 0 aliphatic rings. The van der Waals surface area contributed by atoms with Gasteiger partial charge < -0.3 is 49.6 Å². The normalized spacial score (nSPS) is 3.88. The average molecular weight is 236 g/mol. The summed E-state index contributed by atoms with van der Waals surface area (Å²) in [6.07, 6.45) is 0. The number of rotatable bonds is 1. The molecule has 0 bridgehead atoms. The van der Waals surface area contributed by atoms with Crippen molar-refractivity contribution in [3.05, 3.63) is 0 Å². The molecule has 0 radical (unpaired) electrons. The van der Waals surface area contributed by atoms with Gasteiger partial charge in [0.25, 0.3) is 0 Å². The van der Waals surface area contributed by atoms with Gasteiger partial charge in [-0.05, 0) is 0 Å². The van der Waals surface area contributed by atoms with Crippen LogP contribution in [0.5, 0.6) is 0 Å². The topological polar surface area (TPSA) is 9.23 Å². The Bertz CT molecular complexity index is 20.5. The molecule has 0 heterocycles. The molecule has 0 aliphatic carbocycles. The molecule has 0 amide bonds. The minimum Gasteiger partial charge on any atom is -1.00 e. The summed E-state index contributed by atoms with van der Waals surface area (Å²) in [4.78, 5) is 0. The van der Waals surface area contributed by atoms with Gasteiger partial charge in [0, 0.05) is 0 Å². The van der Waals surface area contributed by atoms with E-state index in [1.807, 2.05) is 6.92 Å². The van der Waals surface area contributed by atoms with Gasteiger partial charge in [-0.15, -0.1) is 0 Å². The first-order valence-corrected chi connectivity index (χ1v) is 1.84. The van der Waals surface area contributed by atoms with Crippen LogP contribution in [0.4, 0.5) is 0 Å². The summed E-state index contributed by atoms with van der Waals surface area (Å²) in [7, 11) is 0. The van der Waals surface area contributed by atoms with Gasteiger partial charge in [-0.2, -0.15) is 0 Å². The predicted molar refractivity (Wildman–Crippen MR) is 12.7 cm³/mol. The Morgan fingerprint density at radius 1 is 1.25 bits per heavy atom. The molecule has 8 heavy (non-hydrogen) atoms. The van der Waals surface area contributed by atoms with Crippen molar-refractivity contribution >= 4 is 0 Å². The summed E-state index contributed by atoms with van der Waals surface area (Å²) in [6, 6.07) is 0. The smallest absolute Gasteiger partial charge is 1.00 e. The van der Waals surface area contributed by atoms with Crippen molar-refractivity contribution in [2.75, 3.05) is 6.61 Å². The molecule has 0 unspecified atom stereocenters. The fraction of sp³-hybridized carbons (Fsp3) is 1.00. The van der Waals surface area contributed by atoms with Crippen LogP contribution in [0.2, 0.25) is 0 Å². The fourth-order valence-corrected chi connectivity index (χ4v) is 0. The van der Waals surface area contributed by atoms with E-state index in [9.17, 15) is 0 Å². The van der Waals surface area contributed by atoms with Gasteiger partial charge in [-0.25, -0.2) is 0 Å². The quantitative estimate of drug-likeness (QED) is 0.411. The second-order valence-electron chi connectivity index (χ2n) is 0.433. The predicted octanol–water partition coefficient (Wildman–Crippen LogP) is -11.4. The zero-order valence-corrected chi connectivity index (χ0v) is 8.71. The second-order valence-corrected chi connectivity index (χ2v) is 0.884. The van der Waals surface area contributed by atoms with Gasteiger partial charge in [-0.3, -0.25) is 0 Å². The molecule has 0 atom stereocenters. The molecule has 0 aromatic carbocycles. The molecule has 52 valence electrons. The van der Waals surface area contributed by atoms with Gasteiger partial charge in [0.1, 0.15) is 0 Å². The van der Waals surface area contributed by atoms with Crippen molar-refractivity contribution in [3.8, 4) is 0 Å². The van der Waals surface area contributed by atoms with Gasteiger partial charge >= 0.3 is 39.1 Å². The molecule has 6 heteroatoms. The van der Waals surface area contributed by atoms with E-state index in [-0.39, 0.29) is 51.1 Å². The third-order valence-corrected chi connectivity index (χ3v) is 0.595. The molecule has 0 aromatic rings. The van der Waals surface area contributed by atoms with Crippen LogP contribution in [0.3, 0.4) is 0 Å². The number of halogens is 4. The fourth-order valence-electron chi connectivity index (χ4n) is 0. The third kappa shape index (κ3) is 45.6. The maximum Gasteiger partial charge on any atom is 1.00 e. The van der Waals surface area contributed by atoms with Crippen LogP contribution in [-0.4, -0.2) is 6.61 Å².